The van der Waals surface area contributed by atoms with Gasteiger partial charge in [-0.15, -0.1) is 0 Å². The van der Waals surface area contributed by atoms with E-state index in [1.807, 2.05) is 0 Å². The molecule has 1 saturated heterocycles. The normalized spacial score (nSPS) is 17.8. The van der Waals surface area contributed by atoms with Crippen molar-refractivity contribution in [3.63, 3.8) is 0 Å². The van der Waals surface area contributed by atoms with Gasteiger partial charge in [-0.2, -0.15) is 13.2 Å². The van der Waals surface area contributed by atoms with Crippen LogP contribution >= 0.6 is 0 Å². The molecule has 0 bridgehead atoms. The van der Waals surface area contributed by atoms with Crippen LogP contribution in [0.3, 0.4) is 0 Å². The molecule has 0 N–H and O–H groups in total. The van der Waals surface area contributed by atoms with E-state index in [1.165, 1.54) is 18.2 Å². The van der Waals surface area contributed by atoms with E-state index in [4.69, 9.17) is 0 Å². The molecule has 0 aromatic heterocycles. The number of hydrogen-bond donors (Lipinski definition) is 0. The van der Waals surface area contributed by atoms with Gasteiger partial charge in [0.2, 0.25) is 0 Å². The van der Waals surface area contributed by atoms with Crippen LogP contribution in [0.4, 0.5) is 24.5 Å². The van der Waals surface area contributed by atoms with E-state index < -0.39 is 16.7 Å². The average molecular weight is 350 g/mol. The third-order valence-corrected chi connectivity index (χ3v) is 4.64. The second kappa shape index (κ2) is 6.38. The Kier molecular flexibility index (Phi) is 4.41. The molecular weight excluding hydrogens is 333 g/mol. The Balaban J connectivity index is 1.73. The second-order valence-electron chi connectivity index (χ2n) is 6.28. The van der Waals surface area contributed by atoms with E-state index >= 15 is 0 Å². The summed E-state index contributed by atoms with van der Waals surface area (Å²) in [5.74, 6) is 0.151. The SMILES string of the molecule is Cc1cc(N2CCC(c3ccc(C(F)(F)F)cc3)C2)ccc1[N+](=O)[O-]. The summed E-state index contributed by atoms with van der Waals surface area (Å²) in [6, 6.07) is 10.3. The van der Waals surface area contributed by atoms with Gasteiger partial charge in [0.15, 0.2) is 0 Å². The molecule has 1 aliphatic heterocycles. The van der Waals surface area contributed by atoms with Gasteiger partial charge in [0.25, 0.3) is 5.69 Å². The van der Waals surface area contributed by atoms with E-state index in [-0.39, 0.29) is 11.6 Å². The van der Waals surface area contributed by atoms with Gasteiger partial charge in [-0.05, 0) is 43.2 Å². The molecule has 4 nitrogen and oxygen atoms in total. The zero-order valence-corrected chi connectivity index (χ0v) is 13.6. The van der Waals surface area contributed by atoms with Gasteiger partial charge in [0.1, 0.15) is 0 Å². The highest BCUT2D eigenvalue weighted by molar-refractivity contribution is 5.56. The molecule has 7 heteroatoms. The first-order chi connectivity index (χ1) is 11.8. The Hall–Kier alpha value is -2.57. The fraction of sp³-hybridized carbons (Fsp3) is 0.333. The smallest absolute Gasteiger partial charge is 0.371 e. The minimum atomic E-state index is -4.32. The molecule has 0 aliphatic carbocycles. The monoisotopic (exact) mass is 350 g/mol. The highest BCUT2D eigenvalue weighted by atomic mass is 19.4. The third-order valence-electron chi connectivity index (χ3n) is 4.64. The maximum absolute atomic E-state index is 12.7. The number of rotatable bonds is 3. The van der Waals surface area contributed by atoms with Crippen molar-refractivity contribution in [1.82, 2.24) is 0 Å². The Morgan fingerprint density at radius 3 is 2.40 bits per heavy atom. The van der Waals surface area contributed by atoms with Crippen molar-refractivity contribution in [2.24, 2.45) is 0 Å². The standard InChI is InChI=1S/C18H17F3N2O2/c1-12-10-16(6-7-17(12)23(24)25)22-9-8-14(11-22)13-2-4-15(5-3-13)18(19,20)21/h2-7,10,14H,8-9,11H2,1H3. The number of nitro groups is 1. The van der Waals surface area contributed by atoms with Crippen molar-refractivity contribution in [2.45, 2.75) is 25.4 Å². The van der Waals surface area contributed by atoms with Crippen molar-refractivity contribution >= 4 is 11.4 Å². The van der Waals surface area contributed by atoms with Crippen LogP contribution in [0.15, 0.2) is 42.5 Å². The molecule has 25 heavy (non-hydrogen) atoms. The minimum Gasteiger partial charge on any atom is -0.371 e. The molecule has 1 unspecified atom stereocenters. The van der Waals surface area contributed by atoms with E-state index in [9.17, 15) is 23.3 Å². The lowest BCUT2D eigenvalue weighted by Crippen LogP contribution is -2.19. The Morgan fingerprint density at radius 2 is 1.84 bits per heavy atom. The van der Waals surface area contributed by atoms with Crippen molar-refractivity contribution in [3.8, 4) is 0 Å². The van der Waals surface area contributed by atoms with Crippen molar-refractivity contribution in [3.05, 3.63) is 69.3 Å². The van der Waals surface area contributed by atoms with E-state index in [2.05, 4.69) is 4.90 Å². The predicted octanol–water partition coefficient (Wildman–Crippen LogP) is 4.92. The van der Waals surface area contributed by atoms with E-state index in [1.54, 1.807) is 19.1 Å². The van der Waals surface area contributed by atoms with Crippen LogP contribution in [0.5, 0.6) is 0 Å². The van der Waals surface area contributed by atoms with Gasteiger partial charge >= 0.3 is 6.18 Å². The first-order valence-corrected chi connectivity index (χ1v) is 7.93. The molecular formula is C18H17F3N2O2. The summed E-state index contributed by atoms with van der Waals surface area (Å²) in [4.78, 5) is 12.6. The quantitative estimate of drug-likeness (QED) is 0.583. The fourth-order valence-electron chi connectivity index (χ4n) is 3.25. The molecule has 0 radical (unpaired) electrons. The van der Waals surface area contributed by atoms with Gasteiger partial charge in [-0.3, -0.25) is 10.1 Å². The van der Waals surface area contributed by atoms with Crippen LogP contribution in [-0.2, 0) is 6.18 Å². The number of alkyl halides is 3. The van der Waals surface area contributed by atoms with Crippen LogP contribution in [-0.4, -0.2) is 18.0 Å². The van der Waals surface area contributed by atoms with Crippen molar-refractivity contribution in [2.75, 3.05) is 18.0 Å². The zero-order valence-electron chi connectivity index (χ0n) is 13.6. The molecule has 2 aromatic carbocycles. The van der Waals surface area contributed by atoms with Gasteiger partial charge in [0.05, 0.1) is 10.5 Å². The van der Waals surface area contributed by atoms with Gasteiger partial charge in [0, 0.05) is 36.3 Å². The van der Waals surface area contributed by atoms with Crippen LogP contribution in [0.25, 0.3) is 0 Å². The summed E-state index contributed by atoms with van der Waals surface area (Å²) in [5, 5.41) is 10.9. The number of nitro benzene ring substituents is 1. The highest BCUT2D eigenvalue weighted by Crippen LogP contribution is 2.35. The van der Waals surface area contributed by atoms with Crippen molar-refractivity contribution in [1.29, 1.82) is 0 Å². The van der Waals surface area contributed by atoms with E-state index in [0.717, 1.165) is 36.3 Å². The summed E-state index contributed by atoms with van der Waals surface area (Å²) in [5.41, 5.74) is 1.83. The largest absolute Gasteiger partial charge is 0.416 e. The molecule has 1 atom stereocenters. The molecule has 0 saturated carbocycles. The van der Waals surface area contributed by atoms with Gasteiger partial charge < -0.3 is 4.90 Å². The molecule has 2 aromatic rings. The average Bonchev–Trinajstić information content (AvgIpc) is 3.03. The van der Waals surface area contributed by atoms with Crippen LogP contribution in [0.2, 0.25) is 0 Å². The zero-order chi connectivity index (χ0) is 18.2. The highest BCUT2D eigenvalue weighted by Gasteiger charge is 2.31. The third kappa shape index (κ3) is 3.60. The molecule has 3 rings (SSSR count). The number of anilines is 1. The first kappa shape index (κ1) is 17.3. The predicted molar refractivity (Wildman–Crippen MR) is 88.8 cm³/mol. The number of nitrogens with zero attached hydrogens (tertiary/aromatic N) is 2. The molecule has 1 aliphatic rings. The molecule has 1 heterocycles. The summed E-state index contributed by atoms with van der Waals surface area (Å²) in [6.45, 7) is 3.15. The molecule has 0 spiro atoms. The second-order valence-corrected chi connectivity index (χ2v) is 6.28. The summed E-state index contributed by atoms with van der Waals surface area (Å²) in [7, 11) is 0. The lowest BCUT2D eigenvalue weighted by atomic mass is 9.97. The van der Waals surface area contributed by atoms with Gasteiger partial charge in [-0.25, -0.2) is 0 Å². The maximum Gasteiger partial charge on any atom is 0.416 e. The Bertz CT molecular complexity index is 788. The molecule has 132 valence electrons. The van der Waals surface area contributed by atoms with Crippen LogP contribution < -0.4 is 4.90 Å². The number of hydrogen-bond acceptors (Lipinski definition) is 3. The van der Waals surface area contributed by atoms with Crippen LogP contribution in [0, 0.1) is 17.0 Å². The van der Waals surface area contributed by atoms with E-state index in [0.29, 0.717) is 12.1 Å². The van der Waals surface area contributed by atoms with Gasteiger partial charge in [-0.1, -0.05) is 12.1 Å². The summed E-state index contributed by atoms with van der Waals surface area (Å²) < 4.78 is 38.0. The molecule has 0 amide bonds. The molecule has 1 fully saturated rings. The summed E-state index contributed by atoms with van der Waals surface area (Å²) >= 11 is 0. The minimum absolute atomic E-state index is 0.0854. The Morgan fingerprint density at radius 1 is 1.16 bits per heavy atom. The lowest BCUT2D eigenvalue weighted by molar-refractivity contribution is -0.385. The fourth-order valence-corrected chi connectivity index (χ4v) is 3.25. The lowest BCUT2D eigenvalue weighted by Gasteiger charge is -2.19. The number of halogens is 3. The summed E-state index contributed by atoms with van der Waals surface area (Å²) in [6.07, 6.45) is -3.49. The maximum atomic E-state index is 12.7. The first-order valence-electron chi connectivity index (χ1n) is 7.93. The number of benzene rings is 2. The number of aryl methyl sites for hydroxylation is 1. The van der Waals surface area contributed by atoms with Crippen molar-refractivity contribution < 1.29 is 18.1 Å². The Labute approximate surface area is 143 Å². The topological polar surface area (TPSA) is 46.4 Å². The van der Waals surface area contributed by atoms with Crippen LogP contribution in [0.1, 0.15) is 29.0 Å².